The predicted octanol–water partition coefficient (Wildman–Crippen LogP) is 4.33. The molecule has 3 rings (SSSR count). The number of ether oxygens (including phenoxy) is 2. The predicted molar refractivity (Wildman–Crippen MR) is 106 cm³/mol. The molecular formula is C22H28N2O3. The standard InChI is InChI=1S/C22H28N2O3/c1-3-26-22(25)15-18-14-19(18)17-8-9-20(16(2)13-17)27-12-6-11-24-21-7-4-5-10-23-21/h4-5,7-10,13,18-19H,3,6,11-12,14-15H2,1-2H3,(H,23,24). The Morgan fingerprint density at radius 3 is 2.93 bits per heavy atom. The molecule has 1 saturated carbocycles. The third-order valence-electron chi connectivity index (χ3n) is 4.83. The molecule has 2 atom stereocenters. The summed E-state index contributed by atoms with van der Waals surface area (Å²) >= 11 is 0. The van der Waals surface area contributed by atoms with Gasteiger partial charge in [-0.3, -0.25) is 4.79 Å². The minimum Gasteiger partial charge on any atom is -0.493 e. The van der Waals surface area contributed by atoms with Crippen molar-refractivity contribution in [3.63, 3.8) is 0 Å². The quantitative estimate of drug-likeness (QED) is 0.500. The molecule has 0 bridgehead atoms. The minimum absolute atomic E-state index is 0.0824. The van der Waals surface area contributed by atoms with Gasteiger partial charge in [0.1, 0.15) is 11.6 Å². The number of aromatic nitrogens is 1. The molecule has 5 nitrogen and oxygen atoms in total. The molecule has 1 aromatic carbocycles. The van der Waals surface area contributed by atoms with Gasteiger partial charge in [0.05, 0.1) is 13.2 Å². The van der Waals surface area contributed by atoms with Gasteiger partial charge in [0.2, 0.25) is 0 Å². The van der Waals surface area contributed by atoms with Gasteiger partial charge < -0.3 is 14.8 Å². The molecule has 0 radical (unpaired) electrons. The molecule has 0 aliphatic heterocycles. The number of benzene rings is 1. The number of hydrogen-bond acceptors (Lipinski definition) is 5. The summed E-state index contributed by atoms with van der Waals surface area (Å²) in [6.45, 7) is 5.87. The van der Waals surface area contributed by atoms with Crippen molar-refractivity contribution in [2.75, 3.05) is 25.1 Å². The summed E-state index contributed by atoms with van der Waals surface area (Å²) in [7, 11) is 0. The highest BCUT2D eigenvalue weighted by molar-refractivity contribution is 5.70. The van der Waals surface area contributed by atoms with Gasteiger partial charge in [0.25, 0.3) is 0 Å². The number of carbonyl (C=O) groups excluding carboxylic acids is 1. The Kier molecular flexibility index (Phi) is 6.69. The monoisotopic (exact) mass is 368 g/mol. The molecule has 1 aliphatic rings. The van der Waals surface area contributed by atoms with Crippen LogP contribution in [0.3, 0.4) is 0 Å². The zero-order chi connectivity index (χ0) is 19.1. The topological polar surface area (TPSA) is 60.5 Å². The number of hydrogen-bond donors (Lipinski definition) is 1. The van der Waals surface area contributed by atoms with Crippen LogP contribution in [0.1, 0.15) is 43.2 Å². The van der Waals surface area contributed by atoms with Crippen LogP contribution in [-0.4, -0.2) is 30.7 Å². The first-order valence-electron chi connectivity index (χ1n) is 9.71. The summed E-state index contributed by atoms with van der Waals surface area (Å²) in [4.78, 5) is 15.8. The van der Waals surface area contributed by atoms with E-state index >= 15 is 0 Å². The van der Waals surface area contributed by atoms with Crippen LogP contribution in [0.15, 0.2) is 42.6 Å². The molecule has 2 aromatic rings. The number of anilines is 1. The van der Waals surface area contributed by atoms with Crippen LogP contribution < -0.4 is 10.1 Å². The molecule has 1 heterocycles. The first-order chi connectivity index (χ1) is 13.2. The third kappa shape index (κ3) is 5.71. The van der Waals surface area contributed by atoms with Gasteiger partial charge >= 0.3 is 5.97 Å². The fourth-order valence-corrected chi connectivity index (χ4v) is 3.32. The van der Waals surface area contributed by atoms with Crippen molar-refractivity contribution < 1.29 is 14.3 Å². The number of nitrogens with zero attached hydrogens (tertiary/aromatic N) is 1. The molecule has 1 aromatic heterocycles. The molecule has 0 amide bonds. The van der Waals surface area contributed by atoms with Crippen molar-refractivity contribution in [3.8, 4) is 5.75 Å². The van der Waals surface area contributed by atoms with Crippen LogP contribution in [0.4, 0.5) is 5.82 Å². The van der Waals surface area contributed by atoms with E-state index in [0.717, 1.165) is 36.5 Å². The SMILES string of the molecule is CCOC(=O)CC1CC1c1ccc(OCCCNc2ccccn2)c(C)c1. The van der Waals surface area contributed by atoms with E-state index < -0.39 is 0 Å². The van der Waals surface area contributed by atoms with Gasteiger partial charge in [-0.25, -0.2) is 4.98 Å². The van der Waals surface area contributed by atoms with Crippen molar-refractivity contribution in [1.29, 1.82) is 0 Å². The summed E-state index contributed by atoms with van der Waals surface area (Å²) in [5.74, 6) is 2.64. The van der Waals surface area contributed by atoms with Crippen LogP contribution in [0.5, 0.6) is 5.75 Å². The summed E-state index contributed by atoms with van der Waals surface area (Å²) in [6.07, 6.45) is 4.28. The Hall–Kier alpha value is -2.56. The number of carbonyl (C=O) groups is 1. The van der Waals surface area contributed by atoms with E-state index in [4.69, 9.17) is 9.47 Å². The van der Waals surface area contributed by atoms with Crippen molar-refractivity contribution in [3.05, 3.63) is 53.7 Å². The average molecular weight is 368 g/mol. The average Bonchev–Trinajstić information content (AvgIpc) is 3.42. The molecule has 0 spiro atoms. The second-order valence-corrected chi connectivity index (χ2v) is 6.98. The third-order valence-corrected chi connectivity index (χ3v) is 4.83. The maximum Gasteiger partial charge on any atom is 0.306 e. The lowest BCUT2D eigenvalue weighted by Gasteiger charge is -2.11. The van der Waals surface area contributed by atoms with Gasteiger partial charge in [-0.2, -0.15) is 0 Å². The zero-order valence-corrected chi connectivity index (χ0v) is 16.1. The molecule has 27 heavy (non-hydrogen) atoms. The zero-order valence-electron chi connectivity index (χ0n) is 16.1. The van der Waals surface area contributed by atoms with E-state index in [1.54, 1.807) is 6.20 Å². The molecule has 1 fully saturated rings. The fourth-order valence-electron chi connectivity index (χ4n) is 3.32. The lowest BCUT2D eigenvalue weighted by Crippen LogP contribution is -2.08. The summed E-state index contributed by atoms with van der Waals surface area (Å²) in [5.41, 5.74) is 2.44. The van der Waals surface area contributed by atoms with Gasteiger partial charge in [0.15, 0.2) is 0 Å². The van der Waals surface area contributed by atoms with E-state index in [2.05, 4.69) is 35.4 Å². The van der Waals surface area contributed by atoms with Gasteiger partial charge in [-0.1, -0.05) is 18.2 Å². The molecule has 144 valence electrons. The van der Waals surface area contributed by atoms with E-state index in [1.807, 2.05) is 25.1 Å². The van der Waals surface area contributed by atoms with Crippen LogP contribution in [0, 0.1) is 12.8 Å². The molecule has 2 unspecified atom stereocenters. The second kappa shape index (κ2) is 9.40. The normalized spacial score (nSPS) is 18.0. The van der Waals surface area contributed by atoms with Gasteiger partial charge in [-0.15, -0.1) is 0 Å². The van der Waals surface area contributed by atoms with Gasteiger partial charge in [0, 0.05) is 19.2 Å². The van der Waals surface area contributed by atoms with E-state index in [1.165, 1.54) is 5.56 Å². The molecule has 1 N–H and O–H groups in total. The number of rotatable bonds is 10. The van der Waals surface area contributed by atoms with E-state index in [-0.39, 0.29) is 5.97 Å². The fraction of sp³-hybridized carbons (Fsp3) is 0.455. The number of esters is 1. The lowest BCUT2D eigenvalue weighted by atomic mass is 10.0. The Bertz CT molecular complexity index is 748. The first-order valence-corrected chi connectivity index (χ1v) is 9.71. The number of aryl methyl sites for hydroxylation is 1. The van der Waals surface area contributed by atoms with Crippen molar-refractivity contribution in [2.24, 2.45) is 5.92 Å². The van der Waals surface area contributed by atoms with Crippen molar-refractivity contribution >= 4 is 11.8 Å². The summed E-state index contributed by atoms with van der Waals surface area (Å²) < 4.78 is 11.0. The minimum atomic E-state index is -0.0824. The lowest BCUT2D eigenvalue weighted by molar-refractivity contribution is -0.143. The Labute approximate surface area is 161 Å². The van der Waals surface area contributed by atoms with Crippen LogP contribution in [-0.2, 0) is 9.53 Å². The highest BCUT2D eigenvalue weighted by atomic mass is 16.5. The molecule has 1 aliphatic carbocycles. The first kappa shape index (κ1) is 19.2. The maximum absolute atomic E-state index is 11.6. The highest BCUT2D eigenvalue weighted by Gasteiger charge is 2.40. The highest BCUT2D eigenvalue weighted by Crippen LogP contribution is 2.50. The smallest absolute Gasteiger partial charge is 0.306 e. The number of nitrogens with one attached hydrogen (secondary N) is 1. The largest absolute Gasteiger partial charge is 0.493 e. The van der Waals surface area contributed by atoms with Crippen LogP contribution >= 0.6 is 0 Å². The number of pyridine rings is 1. The van der Waals surface area contributed by atoms with E-state index in [0.29, 0.717) is 31.5 Å². The van der Waals surface area contributed by atoms with Crippen molar-refractivity contribution in [2.45, 2.75) is 39.0 Å². The van der Waals surface area contributed by atoms with Gasteiger partial charge in [-0.05, 0) is 67.9 Å². The van der Waals surface area contributed by atoms with E-state index in [9.17, 15) is 4.79 Å². The molecular weight excluding hydrogens is 340 g/mol. The van der Waals surface area contributed by atoms with Crippen molar-refractivity contribution in [1.82, 2.24) is 4.98 Å². The molecule has 0 saturated heterocycles. The summed E-state index contributed by atoms with van der Waals surface area (Å²) in [5, 5.41) is 3.28. The summed E-state index contributed by atoms with van der Waals surface area (Å²) in [6, 6.07) is 12.2. The Morgan fingerprint density at radius 2 is 2.19 bits per heavy atom. The maximum atomic E-state index is 11.6. The van der Waals surface area contributed by atoms with Crippen LogP contribution in [0.25, 0.3) is 0 Å². The Morgan fingerprint density at radius 1 is 1.30 bits per heavy atom. The Balaban J connectivity index is 1.40. The van der Waals surface area contributed by atoms with Crippen LogP contribution in [0.2, 0.25) is 0 Å². The molecule has 5 heteroatoms. The second-order valence-electron chi connectivity index (χ2n) is 6.98.